The lowest BCUT2D eigenvalue weighted by Crippen LogP contribution is -2.35. The molecular formula is C9H14N4OS. The minimum absolute atomic E-state index is 0.168. The predicted octanol–water partition coefficient (Wildman–Crippen LogP) is 0.602. The fourth-order valence-electron chi connectivity index (χ4n) is 1.45. The Bertz CT molecular complexity index is 346. The zero-order chi connectivity index (χ0) is 10.7. The molecule has 0 bridgehead atoms. The largest absolute Gasteiger partial charge is 0.346 e. The number of aromatic nitrogens is 3. The van der Waals surface area contributed by atoms with Crippen LogP contribution < -0.4 is 5.32 Å². The highest BCUT2D eigenvalue weighted by molar-refractivity contribution is 7.99. The van der Waals surface area contributed by atoms with E-state index in [-0.39, 0.29) is 17.8 Å². The molecule has 0 saturated carbocycles. The lowest BCUT2D eigenvalue weighted by atomic mass is 10.2. The zero-order valence-electron chi connectivity index (χ0n) is 8.62. The molecule has 1 unspecified atom stereocenters. The SMILES string of the molecule is CCc1nc(C(=O)NC2CCSC2)n[nH]1. The first-order chi connectivity index (χ1) is 7.29. The van der Waals surface area contributed by atoms with Gasteiger partial charge in [-0.05, 0) is 12.2 Å². The van der Waals surface area contributed by atoms with E-state index in [0.29, 0.717) is 0 Å². The van der Waals surface area contributed by atoms with Gasteiger partial charge in [-0.25, -0.2) is 4.98 Å². The minimum Gasteiger partial charge on any atom is -0.346 e. The standard InChI is InChI=1S/C9H14N4OS/c1-2-7-11-8(13-12-7)9(14)10-6-3-4-15-5-6/h6H,2-5H2,1H3,(H,10,14)(H,11,12,13). The number of amides is 1. The van der Waals surface area contributed by atoms with Crippen LogP contribution in [0.4, 0.5) is 0 Å². The molecule has 0 radical (unpaired) electrons. The second-order valence-electron chi connectivity index (χ2n) is 3.49. The van der Waals surface area contributed by atoms with Crippen molar-refractivity contribution >= 4 is 17.7 Å². The van der Waals surface area contributed by atoms with Crippen LogP contribution in [0.15, 0.2) is 0 Å². The molecule has 1 atom stereocenters. The zero-order valence-corrected chi connectivity index (χ0v) is 9.43. The van der Waals surface area contributed by atoms with Gasteiger partial charge in [0, 0.05) is 18.2 Å². The maximum absolute atomic E-state index is 11.7. The summed E-state index contributed by atoms with van der Waals surface area (Å²) in [6.45, 7) is 1.97. The third-order valence-electron chi connectivity index (χ3n) is 2.33. The highest BCUT2D eigenvalue weighted by Gasteiger charge is 2.20. The minimum atomic E-state index is -0.168. The molecule has 1 saturated heterocycles. The van der Waals surface area contributed by atoms with Crippen LogP contribution in [0, 0.1) is 0 Å². The van der Waals surface area contributed by atoms with Crippen LogP contribution in [-0.4, -0.2) is 38.6 Å². The quantitative estimate of drug-likeness (QED) is 0.792. The first-order valence-corrected chi connectivity index (χ1v) is 6.25. The summed E-state index contributed by atoms with van der Waals surface area (Å²) < 4.78 is 0. The van der Waals surface area contributed by atoms with E-state index in [4.69, 9.17) is 0 Å². The maximum Gasteiger partial charge on any atom is 0.291 e. The molecule has 0 aromatic carbocycles. The Morgan fingerprint density at radius 1 is 1.73 bits per heavy atom. The normalized spacial score (nSPS) is 20.5. The fourth-order valence-corrected chi connectivity index (χ4v) is 2.61. The van der Waals surface area contributed by atoms with Crippen molar-refractivity contribution in [3.05, 3.63) is 11.6 Å². The molecule has 82 valence electrons. The first kappa shape index (κ1) is 10.5. The number of carbonyl (C=O) groups excluding carboxylic acids is 1. The van der Waals surface area contributed by atoms with Gasteiger partial charge in [0.05, 0.1) is 0 Å². The van der Waals surface area contributed by atoms with Crippen molar-refractivity contribution in [2.75, 3.05) is 11.5 Å². The van der Waals surface area contributed by atoms with Crippen LogP contribution in [0.5, 0.6) is 0 Å². The number of nitrogens with one attached hydrogen (secondary N) is 2. The molecule has 1 aromatic rings. The Kier molecular flexibility index (Phi) is 3.25. The Labute approximate surface area is 92.4 Å². The monoisotopic (exact) mass is 226 g/mol. The fraction of sp³-hybridized carbons (Fsp3) is 0.667. The van der Waals surface area contributed by atoms with E-state index in [9.17, 15) is 4.79 Å². The van der Waals surface area contributed by atoms with E-state index in [1.54, 1.807) is 0 Å². The van der Waals surface area contributed by atoms with E-state index in [1.165, 1.54) is 0 Å². The number of aryl methyl sites for hydroxylation is 1. The van der Waals surface area contributed by atoms with Crippen LogP contribution in [0.1, 0.15) is 29.8 Å². The molecule has 1 fully saturated rings. The second-order valence-corrected chi connectivity index (χ2v) is 4.64. The number of aromatic amines is 1. The van der Waals surface area contributed by atoms with Crippen LogP contribution in [-0.2, 0) is 6.42 Å². The van der Waals surface area contributed by atoms with E-state index in [2.05, 4.69) is 20.5 Å². The van der Waals surface area contributed by atoms with Crippen molar-refractivity contribution in [2.45, 2.75) is 25.8 Å². The summed E-state index contributed by atoms with van der Waals surface area (Å²) >= 11 is 1.87. The topological polar surface area (TPSA) is 70.7 Å². The van der Waals surface area contributed by atoms with E-state index >= 15 is 0 Å². The van der Waals surface area contributed by atoms with Crippen molar-refractivity contribution in [2.24, 2.45) is 0 Å². The smallest absolute Gasteiger partial charge is 0.291 e. The van der Waals surface area contributed by atoms with Gasteiger partial charge in [0.25, 0.3) is 5.91 Å². The second kappa shape index (κ2) is 4.65. The molecule has 1 aromatic heterocycles. The van der Waals surface area contributed by atoms with Gasteiger partial charge in [-0.15, -0.1) is 5.10 Å². The van der Waals surface area contributed by atoms with Crippen molar-refractivity contribution < 1.29 is 4.79 Å². The Morgan fingerprint density at radius 3 is 3.20 bits per heavy atom. The molecule has 15 heavy (non-hydrogen) atoms. The molecule has 2 N–H and O–H groups in total. The van der Waals surface area contributed by atoms with E-state index in [1.807, 2.05) is 18.7 Å². The molecule has 0 spiro atoms. The molecule has 6 heteroatoms. The number of H-pyrrole nitrogens is 1. The third-order valence-corrected chi connectivity index (χ3v) is 3.50. The van der Waals surface area contributed by atoms with E-state index < -0.39 is 0 Å². The lowest BCUT2D eigenvalue weighted by molar-refractivity contribution is 0.0931. The lowest BCUT2D eigenvalue weighted by Gasteiger charge is -2.08. The number of hydrogen-bond donors (Lipinski definition) is 2. The van der Waals surface area contributed by atoms with Gasteiger partial charge >= 0.3 is 0 Å². The van der Waals surface area contributed by atoms with Gasteiger partial charge in [-0.2, -0.15) is 11.8 Å². The molecule has 2 rings (SSSR count). The van der Waals surface area contributed by atoms with Crippen LogP contribution in [0.2, 0.25) is 0 Å². The van der Waals surface area contributed by atoms with E-state index in [0.717, 1.165) is 30.2 Å². The molecular weight excluding hydrogens is 212 g/mol. The summed E-state index contributed by atoms with van der Waals surface area (Å²) in [5.41, 5.74) is 0. The first-order valence-electron chi connectivity index (χ1n) is 5.09. The molecule has 1 amide bonds. The van der Waals surface area contributed by atoms with Gasteiger partial charge in [0.15, 0.2) is 0 Å². The van der Waals surface area contributed by atoms with Crippen LogP contribution in [0.25, 0.3) is 0 Å². The van der Waals surface area contributed by atoms with Gasteiger partial charge < -0.3 is 5.32 Å². The molecule has 2 heterocycles. The van der Waals surface area contributed by atoms with Crippen molar-refractivity contribution in [1.82, 2.24) is 20.5 Å². The molecule has 1 aliphatic rings. The number of hydrogen-bond acceptors (Lipinski definition) is 4. The number of rotatable bonds is 3. The van der Waals surface area contributed by atoms with Crippen molar-refractivity contribution in [3.63, 3.8) is 0 Å². The van der Waals surface area contributed by atoms with Gasteiger partial charge in [-0.3, -0.25) is 9.89 Å². The average molecular weight is 226 g/mol. The Balaban J connectivity index is 1.94. The molecule has 5 nitrogen and oxygen atoms in total. The Morgan fingerprint density at radius 2 is 2.60 bits per heavy atom. The summed E-state index contributed by atoms with van der Waals surface area (Å²) in [7, 11) is 0. The van der Waals surface area contributed by atoms with Crippen LogP contribution >= 0.6 is 11.8 Å². The maximum atomic E-state index is 11.7. The number of thioether (sulfide) groups is 1. The number of nitrogens with zero attached hydrogens (tertiary/aromatic N) is 2. The summed E-state index contributed by atoms with van der Waals surface area (Å²) in [6.07, 6.45) is 1.81. The van der Waals surface area contributed by atoms with Gasteiger partial charge in [0.1, 0.15) is 5.82 Å². The van der Waals surface area contributed by atoms with Crippen molar-refractivity contribution in [3.8, 4) is 0 Å². The predicted molar refractivity (Wildman–Crippen MR) is 59.0 cm³/mol. The molecule has 1 aliphatic heterocycles. The third kappa shape index (κ3) is 2.50. The average Bonchev–Trinajstić information content (AvgIpc) is 2.86. The molecule has 0 aliphatic carbocycles. The highest BCUT2D eigenvalue weighted by atomic mass is 32.2. The van der Waals surface area contributed by atoms with Crippen molar-refractivity contribution in [1.29, 1.82) is 0 Å². The Hall–Kier alpha value is -1.04. The van der Waals surface area contributed by atoms with Gasteiger partial charge in [-0.1, -0.05) is 6.92 Å². The number of carbonyl (C=O) groups is 1. The highest BCUT2D eigenvalue weighted by Crippen LogP contribution is 2.17. The van der Waals surface area contributed by atoms with Gasteiger partial charge in [0.2, 0.25) is 5.82 Å². The summed E-state index contributed by atoms with van der Waals surface area (Å²) in [6, 6.07) is 0.283. The van der Waals surface area contributed by atoms with Crippen LogP contribution in [0.3, 0.4) is 0 Å². The summed E-state index contributed by atoms with van der Waals surface area (Å²) in [5.74, 6) is 2.96. The summed E-state index contributed by atoms with van der Waals surface area (Å²) in [5, 5.41) is 9.54. The summed E-state index contributed by atoms with van der Waals surface area (Å²) in [4.78, 5) is 15.7.